The molecule has 3 atom stereocenters. The first kappa shape index (κ1) is 89.4. The maximum Gasteiger partial charge on any atom is 0.268 e. The van der Waals surface area contributed by atoms with Crippen molar-refractivity contribution >= 4 is 13.7 Å². The Morgan fingerprint density at radius 3 is 1.01 bits per heavy atom. The molecule has 3 unspecified atom stereocenters. The second-order valence-corrected chi connectivity index (χ2v) is 29.4. The summed E-state index contributed by atoms with van der Waals surface area (Å²) in [6, 6.07) is -0.915. The number of hydrogen-bond donors (Lipinski definition) is 2. The number of allylic oxidation sites excluding steroid dienone is 15. The van der Waals surface area contributed by atoms with Gasteiger partial charge in [-0.1, -0.05) is 374 Å². The summed E-state index contributed by atoms with van der Waals surface area (Å²) in [4.78, 5) is 25.7. The Labute approximate surface area is 572 Å². The van der Waals surface area contributed by atoms with Crippen LogP contribution < -0.4 is 10.2 Å². The number of likely N-dealkylation sites (N-methyl/N-ethyl adjacent to an activating group) is 1. The predicted molar refractivity (Wildman–Crippen MR) is 403 cm³/mol. The molecule has 0 fully saturated rings. The summed E-state index contributed by atoms with van der Waals surface area (Å²) < 4.78 is 23.5. The van der Waals surface area contributed by atoms with Gasteiger partial charge in [-0.25, -0.2) is 0 Å². The van der Waals surface area contributed by atoms with E-state index in [-0.39, 0.29) is 12.5 Å². The van der Waals surface area contributed by atoms with Crippen LogP contribution in [0.25, 0.3) is 0 Å². The summed E-state index contributed by atoms with van der Waals surface area (Å²) >= 11 is 0. The van der Waals surface area contributed by atoms with E-state index in [0.717, 1.165) is 77.0 Å². The lowest BCUT2D eigenvalue weighted by Crippen LogP contribution is -2.45. The first-order valence-electron chi connectivity index (χ1n) is 39.6. The lowest BCUT2D eigenvalue weighted by molar-refractivity contribution is -0.870. The Hall–Kier alpha value is -2.58. The van der Waals surface area contributed by atoms with Gasteiger partial charge in [0, 0.05) is 6.42 Å². The summed E-state index contributed by atoms with van der Waals surface area (Å²) in [6.07, 6.45) is 106. The molecule has 1 amide bonds. The number of quaternary nitrogens is 1. The third-order valence-electron chi connectivity index (χ3n) is 17.8. The zero-order chi connectivity index (χ0) is 66.9. The second-order valence-electron chi connectivity index (χ2n) is 28.0. The molecule has 8 nitrogen and oxygen atoms in total. The summed E-state index contributed by atoms with van der Waals surface area (Å²) in [6.45, 7) is 4.55. The van der Waals surface area contributed by atoms with Crippen LogP contribution in [0.4, 0.5) is 0 Å². The van der Waals surface area contributed by atoms with Crippen LogP contribution in [-0.4, -0.2) is 68.5 Å². The van der Waals surface area contributed by atoms with Gasteiger partial charge in [-0.15, -0.1) is 0 Å². The number of nitrogens with one attached hydrogen (secondary N) is 1. The third kappa shape index (κ3) is 74.8. The van der Waals surface area contributed by atoms with Crippen LogP contribution in [0.1, 0.15) is 373 Å². The van der Waals surface area contributed by atoms with Gasteiger partial charge < -0.3 is 28.8 Å². The molecule has 0 bridgehead atoms. The number of phosphoric ester groups is 1. The number of amides is 1. The highest BCUT2D eigenvalue weighted by atomic mass is 31.2. The van der Waals surface area contributed by atoms with Crippen molar-refractivity contribution in [2.75, 3.05) is 40.9 Å². The molecule has 0 aromatic rings. The van der Waals surface area contributed by atoms with E-state index in [4.69, 9.17) is 9.05 Å². The number of unbranched alkanes of at least 4 members (excludes halogenated alkanes) is 46. The van der Waals surface area contributed by atoms with E-state index >= 15 is 0 Å². The van der Waals surface area contributed by atoms with Crippen LogP contribution in [0.2, 0.25) is 0 Å². The van der Waals surface area contributed by atoms with Crippen molar-refractivity contribution in [2.24, 2.45) is 0 Å². The van der Waals surface area contributed by atoms with Crippen LogP contribution in [0.15, 0.2) is 97.2 Å². The van der Waals surface area contributed by atoms with E-state index in [1.165, 1.54) is 276 Å². The minimum absolute atomic E-state index is 0.0101. The third-order valence-corrected chi connectivity index (χ3v) is 18.7. The SMILES string of the molecule is CC/C=C\C/C=C\C/C=C\C/C=C\C/C=C\CCCCCCCCCCCCCCCCCCCCCCCCCC(=O)NC(COP(=O)([O-])OCC[N+](C)(C)C)C(O)/C=C/CC/C=C/CC/C=C/CCCCCCCCCCCCCCCCCCCCCCC. The zero-order valence-corrected chi connectivity index (χ0v) is 62.4. The van der Waals surface area contributed by atoms with Gasteiger partial charge in [-0.3, -0.25) is 9.36 Å². The molecule has 2 N–H and O–H groups in total. The topological polar surface area (TPSA) is 108 Å². The first-order chi connectivity index (χ1) is 45.0. The number of carbonyl (C=O) groups excluding carboxylic acids is 1. The molecule has 0 saturated heterocycles. The van der Waals surface area contributed by atoms with Crippen molar-refractivity contribution < 1.29 is 32.9 Å². The largest absolute Gasteiger partial charge is 0.756 e. The molecule has 536 valence electrons. The molecule has 0 radical (unpaired) electrons. The van der Waals surface area contributed by atoms with Crippen LogP contribution in [0, 0.1) is 0 Å². The van der Waals surface area contributed by atoms with E-state index in [1.807, 2.05) is 27.2 Å². The highest BCUT2D eigenvalue weighted by Crippen LogP contribution is 2.38. The molecular formula is C83H153N2O6P. The molecule has 0 aliphatic heterocycles. The molecule has 92 heavy (non-hydrogen) atoms. The van der Waals surface area contributed by atoms with Gasteiger partial charge in [0.15, 0.2) is 0 Å². The summed E-state index contributed by atoms with van der Waals surface area (Å²) in [7, 11) is 1.24. The van der Waals surface area contributed by atoms with Crippen molar-refractivity contribution in [1.82, 2.24) is 5.32 Å². The summed E-state index contributed by atoms with van der Waals surface area (Å²) in [5, 5.41) is 14.0. The Morgan fingerprint density at radius 1 is 0.391 bits per heavy atom. The normalized spacial score (nSPS) is 14.0. The van der Waals surface area contributed by atoms with Crippen LogP contribution >= 0.6 is 7.82 Å². The van der Waals surface area contributed by atoms with Gasteiger partial charge >= 0.3 is 0 Å². The predicted octanol–water partition coefficient (Wildman–Crippen LogP) is 25.4. The number of aliphatic hydroxyl groups excluding tert-OH is 1. The van der Waals surface area contributed by atoms with Crippen molar-refractivity contribution in [3.63, 3.8) is 0 Å². The minimum atomic E-state index is -4.62. The number of aliphatic hydroxyl groups is 1. The molecule has 0 aromatic carbocycles. The van der Waals surface area contributed by atoms with E-state index in [2.05, 4.69) is 104 Å². The highest BCUT2D eigenvalue weighted by Gasteiger charge is 2.23. The number of nitrogens with zero attached hydrogens (tertiary/aromatic N) is 1. The van der Waals surface area contributed by atoms with Crippen LogP contribution in [-0.2, 0) is 18.4 Å². The Morgan fingerprint density at radius 2 is 0.674 bits per heavy atom. The van der Waals surface area contributed by atoms with Crippen molar-refractivity contribution in [3.8, 4) is 0 Å². The quantitative estimate of drug-likeness (QED) is 0.0272. The van der Waals surface area contributed by atoms with E-state index in [0.29, 0.717) is 17.4 Å². The van der Waals surface area contributed by atoms with Crippen molar-refractivity contribution in [1.29, 1.82) is 0 Å². The smallest absolute Gasteiger partial charge is 0.268 e. The van der Waals surface area contributed by atoms with E-state index in [1.54, 1.807) is 6.08 Å². The number of rotatable bonds is 73. The molecular weight excluding hydrogens is 1150 g/mol. The lowest BCUT2D eigenvalue weighted by Gasteiger charge is -2.29. The fourth-order valence-corrected chi connectivity index (χ4v) is 12.4. The second kappa shape index (κ2) is 72.7. The molecule has 0 heterocycles. The summed E-state index contributed by atoms with van der Waals surface area (Å²) in [5.74, 6) is -0.206. The average molecular weight is 1310 g/mol. The Balaban J connectivity index is 4.01. The van der Waals surface area contributed by atoms with Crippen molar-refractivity contribution in [2.45, 2.75) is 386 Å². The van der Waals surface area contributed by atoms with Gasteiger partial charge in [0.1, 0.15) is 13.2 Å². The zero-order valence-electron chi connectivity index (χ0n) is 61.5. The van der Waals surface area contributed by atoms with Gasteiger partial charge in [0.25, 0.3) is 7.82 Å². The van der Waals surface area contributed by atoms with Crippen LogP contribution in [0.3, 0.4) is 0 Å². The van der Waals surface area contributed by atoms with Gasteiger partial charge in [0.05, 0.1) is 39.9 Å². The van der Waals surface area contributed by atoms with E-state index in [9.17, 15) is 19.4 Å². The molecule has 0 saturated carbocycles. The molecule has 0 aromatic heterocycles. The van der Waals surface area contributed by atoms with Gasteiger partial charge in [0.2, 0.25) is 5.91 Å². The van der Waals surface area contributed by atoms with Crippen molar-refractivity contribution in [3.05, 3.63) is 97.2 Å². The van der Waals surface area contributed by atoms with Crippen LogP contribution in [0.5, 0.6) is 0 Å². The lowest BCUT2D eigenvalue weighted by atomic mass is 10.0. The summed E-state index contributed by atoms with van der Waals surface area (Å²) in [5.41, 5.74) is 0. The molecule has 0 spiro atoms. The van der Waals surface area contributed by atoms with Gasteiger partial charge in [-0.05, 0) is 89.9 Å². The molecule has 0 aliphatic carbocycles. The monoisotopic (exact) mass is 1310 g/mol. The molecule has 0 aliphatic rings. The number of hydrogen-bond acceptors (Lipinski definition) is 6. The standard InChI is InChI=1S/C83H153N2O6P/c1-6-8-10-12-14-16-18-20-22-24-26-28-30-32-34-36-38-39-40-41-42-43-44-45-47-49-51-53-55-57-59-61-63-65-67-69-71-73-75-77-83(87)84-81(80-91-92(88,89)90-79-78-85(3,4)5)82(86)76-74-72-70-68-66-64-62-60-58-56-54-52-50-48-46-37-35-33-31-29-27-25-23-21-19-17-15-13-11-9-7-2/h8,10,14,16,20,22,26,28,32,34,58,60,66,68,74,76,81-82,86H,6-7,9,11-13,15,17-19,21,23-25,27,29-31,33,35-57,59,61-65,67,69-73,75,77-80H2,1-5H3,(H-,84,87,88,89)/b10-8-,16-14-,22-20-,28-26-,34-32-,60-58+,68-66+,76-74+. The van der Waals surface area contributed by atoms with Gasteiger partial charge in [-0.2, -0.15) is 0 Å². The minimum Gasteiger partial charge on any atom is -0.756 e. The fraction of sp³-hybridized carbons (Fsp3) is 0.795. The molecule has 0 rings (SSSR count). The van der Waals surface area contributed by atoms with E-state index < -0.39 is 26.6 Å². The average Bonchev–Trinajstić information content (AvgIpc) is 2.63. The Bertz CT molecular complexity index is 1830. The fourth-order valence-electron chi connectivity index (χ4n) is 11.7. The first-order valence-corrected chi connectivity index (χ1v) is 41.1. The Kier molecular flexibility index (Phi) is 70.6. The highest BCUT2D eigenvalue weighted by molar-refractivity contribution is 7.45. The maximum absolute atomic E-state index is 13.1. The maximum atomic E-state index is 13.1. The molecule has 9 heteroatoms. The number of carbonyl (C=O) groups is 1. The number of phosphoric acid groups is 1.